The second kappa shape index (κ2) is 16.8. The molecule has 0 fully saturated rings. The van der Waals surface area contributed by atoms with Crippen LogP contribution in [-0.4, -0.2) is 38.6 Å². The van der Waals surface area contributed by atoms with Crippen molar-refractivity contribution in [2.45, 2.75) is 18.5 Å². The lowest BCUT2D eigenvalue weighted by atomic mass is 9.98. The number of nitrogens with zero attached hydrogens (tertiary/aromatic N) is 6. The van der Waals surface area contributed by atoms with Gasteiger partial charge in [-0.05, 0) is 57.5 Å². The molecule has 0 saturated carbocycles. The Morgan fingerprint density at radius 3 is 1.57 bits per heavy atom. The Morgan fingerprint density at radius 1 is 0.443 bits per heavy atom. The fourth-order valence-electron chi connectivity index (χ4n) is 8.01. The fourth-order valence-corrected chi connectivity index (χ4v) is 8.01. The first-order valence-electron chi connectivity index (χ1n) is 20.7. The molecule has 2 heterocycles. The molecule has 0 bridgehead atoms. The summed E-state index contributed by atoms with van der Waals surface area (Å²) >= 11 is 0. The Labute approximate surface area is 356 Å². The average Bonchev–Trinajstić information content (AvgIpc) is 3.35. The molecule has 2 atom stereocenters. The maximum atomic E-state index is 5.36. The number of aliphatic imine (C=N–C) groups is 2. The maximum absolute atomic E-state index is 5.36. The molecule has 0 amide bonds. The SMILES string of the molecule is CN1C(c2ccc(-c3ccccc3)cc2)=NC(c2ccc(-c3ccccc3)cc2)=NC1c1cccc(-c2cccc(-c3nc(-c4ccccc4)nc(C4C=CC=CC4)n3)c2)c1. The summed E-state index contributed by atoms with van der Waals surface area (Å²) in [5.74, 6) is 3.74. The lowest BCUT2D eigenvalue weighted by Gasteiger charge is -2.32. The summed E-state index contributed by atoms with van der Waals surface area (Å²) < 4.78 is 0. The van der Waals surface area contributed by atoms with Crippen molar-refractivity contribution >= 4 is 11.7 Å². The predicted octanol–water partition coefficient (Wildman–Crippen LogP) is 12.6. The third-order valence-corrected chi connectivity index (χ3v) is 11.3. The van der Waals surface area contributed by atoms with Crippen LogP contribution < -0.4 is 0 Å². The molecule has 1 aliphatic heterocycles. The Hall–Kier alpha value is -7.83. The van der Waals surface area contributed by atoms with E-state index in [2.05, 4.69) is 182 Å². The van der Waals surface area contributed by atoms with Crippen LogP contribution in [0.3, 0.4) is 0 Å². The second-order valence-corrected chi connectivity index (χ2v) is 15.3. The van der Waals surface area contributed by atoms with Gasteiger partial charge in [0.25, 0.3) is 0 Å². The van der Waals surface area contributed by atoms with Gasteiger partial charge in [0.2, 0.25) is 0 Å². The van der Waals surface area contributed by atoms with Gasteiger partial charge in [0.1, 0.15) is 11.7 Å². The zero-order chi connectivity index (χ0) is 41.0. The highest BCUT2D eigenvalue weighted by Crippen LogP contribution is 2.34. The maximum Gasteiger partial charge on any atom is 0.163 e. The first-order valence-corrected chi connectivity index (χ1v) is 20.7. The van der Waals surface area contributed by atoms with Crippen LogP contribution in [-0.2, 0) is 0 Å². The van der Waals surface area contributed by atoms with Gasteiger partial charge in [-0.3, -0.25) is 0 Å². The summed E-state index contributed by atoms with van der Waals surface area (Å²) in [6, 6.07) is 65.4. The summed E-state index contributed by atoms with van der Waals surface area (Å²) in [7, 11) is 2.08. The van der Waals surface area contributed by atoms with E-state index in [-0.39, 0.29) is 12.1 Å². The Bertz CT molecular complexity index is 2940. The van der Waals surface area contributed by atoms with Crippen molar-refractivity contribution < 1.29 is 0 Å². The molecule has 8 aromatic rings. The van der Waals surface area contributed by atoms with Gasteiger partial charge in [0.15, 0.2) is 23.7 Å². The highest BCUT2D eigenvalue weighted by atomic mass is 15.3. The summed E-state index contributed by atoms with van der Waals surface area (Å²) in [5.41, 5.74) is 11.7. The van der Waals surface area contributed by atoms with Gasteiger partial charge in [-0.1, -0.05) is 200 Å². The molecule has 0 radical (unpaired) electrons. The third-order valence-electron chi connectivity index (χ3n) is 11.3. The van der Waals surface area contributed by atoms with E-state index in [1.807, 2.05) is 42.5 Å². The molecule has 61 heavy (non-hydrogen) atoms. The van der Waals surface area contributed by atoms with Gasteiger partial charge >= 0.3 is 0 Å². The van der Waals surface area contributed by atoms with Crippen molar-refractivity contribution in [3.8, 4) is 56.2 Å². The van der Waals surface area contributed by atoms with Crippen molar-refractivity contribution in [1.82, 2.24) is 19.9 Å². The van der Waals surface area contributed by atoms with Gasteiger partial charge in [-0.2, -0.15) is 0 Å². The normalized spacial score (nSPS) is 15.9. The minimum absolute atomic E-state index is 0.0871. The Morgan fingerprint density at radius 2 is 0.951 bits per heavy atom. The van der Waals surface area contributed by atoms with E-state index in [1.165, 1.54) is 11.1 Å². The van der Waals surface area contributed by atoms with Crippen LogP contribution >= 0.6 is 0 Å². The van der Waals surface area contributed by atoms with E-state index in [4.69, 9.17) is 24.9 Å². The number of allylic oxidation sites excluding steroid dienone is 4. The highest BCUT2D eigenvalue weighted by molar-refractivity contribution is 6.13. The van der Waals surface area contributed by atoms with Crippen LogP contribution in [0.4, 0.5) is 0 Å². The van der Waals surface area contributed by atoms with Crippen molar-refractivity contribution in [3.05, 3.63) is 235 Å². The number of rotatable bonds is 9. The molecule has 2 aliphatic rings. The molecule has 1 aliphatic carbocycles. The molecule has 0 saturated heterocycles. The van der Waals surface area contributed by atoms with Gasteiger partial charge in [-0.25, -0.2) is 24.9 Å². The van der Waals surface area contributed by atoms with Crippen LogP contribution in [0.1, 0.15) is 41.0 Å². The molecule has 292 valence electrons. The molecule has 6 nitrogen and oxygen atoms in total. The van der Waals surface area contributed by atoms with E-state index >= 15 is 0 Å². The lowest BCUT2D eigenvalue weighted by molar-refractivity contribution is 0.383. The topological polar surface area (TPSA) is 66.6 Å². The van der Waals surface area contributed by atoms with Crippen LogP contribution in [0.5, 0.6) is 0 Å². The van der Waals surface area contributed by atoms with Gasteiger partial charge in [0, 0.05) is 35.2 Å². The first-order chi connectivity index (χ1) is 30.1. The van der Waals surface area contributed by atoms with Gasteiger partial charge in [-0.15, -0.1) is 0 Å². The van der Waals surface area contributed by atoms with E-state index in [1.54, 1.807) is 0 Å². The van der Waals surface area contributed by atoms with Crippen LogP contribution in [0.25, 0.3) is 56.2 Å². The highest BCUT2D eigenvalue weighted by Gasteiger charge is 2.27. The molecule has 7 aromatic carbocycles. The zero-order valence-electron chi connectivity index (χ0n) is 33.8. The quantitative estimate of drug-likeness (QED) is 0.146. The molecular weight excluding hydrogens is 745 g/mol. The Kier molecular flexibility index (Phi) is 10.3. The fraction of sp³-hybridized carbons (Fsp3) is 0.0727. The van der Waals surface area contributed by atoms with Gasteiger partial charge < -0.3 is 4.90 Å². The number of benzene rings is 7. The summed E-state index contributed by atoms with van der Waals surface area (Å²) in [6.07, 6.45) is 9.00. The minimum Gasteiger partial charge on any atom is -0.333 e. The summed E-state index contributed by atoms with van der Waals surface area (Å²) in [5, 5.41) is 0. The molecule has 6 heteroatoms. The predicted molar refractivity (Wildman–Crippen MR) is 249 cm³/mol. The van der Waals surface area contributed by atoms with Crippen LogP contribution in [0.15, 0.2) is 222 Å². The Balaban J connectivity index is 1.01. The molecule has 0 N–H and O–H groups in total. The third kappa shape index (κ3) is 7.99. The molecular formula is C55H42N6. The second-order valence-electron chi connectivity index (χ2n) is 15.3. The largest absolute Gasteiger partial charge is 0.333 e. The van der Waals surface area contributed by atoms with Gasteiger partial charge in [0.05, 0.1) is 0 Å². The number of aromatic nitrogens is 3. The van der Waals surface area contributed by atoms with E-state index in [0.717, 1.165) is 68.2 Å². The van der Waals surface area contributed by atoms with Crippen molar-refractivity contribution in [2.24, 2.45) is 9.98 Å². The summed E-state index contributed by atoms with van der Waals surface area (Å²) in [4.78, 5) is 27.8. The lowest BCUT2D eigenvalue weighted by Crippen LogP contribution is -2.35. The first kappa shape index (κ1) is 37.4. The molecule has 10 rings (SSSR count). The number of hydrogen-bond acceptors (Lipinski definition) is 6. The smallest absolute Gasteiger partial charge is 0.163 e. The molecule has 1 aromatic heterocycles. The average molecular weight is 787 g/mol. The zero-order valence-corrected chi connectivity index (χ0v) is 33.8. The van der Waals surface area contributed by atoms with Crippen molar-refractivity contribution in [1.29, 1.82) is 0 Å². The summed E-state index contributed by atoms with van der Waals surface area (Å²) in [6.45, 7) is 0. The number of hydrogen-bond donors (Lipinski definition) is 0. The van der Waals surface area contributed by atoms with E-state index in [9.17, 15) is 0 Å². The van der Waals surface area contributed by atoms with Crippen LogP contribution in [0.2, 0.25) is 0 Å². The number of amidine groups is 2. The molecule has 0 spiro atoms. The van der Waals surface area contributed by atoms with Crippen molar-refractivity contribution in [3.63, 3.8) is 0 Å². The van der Waals surface area contributed by atoms with E-state index in [0.29, 0.717) is 17.5 Å². The van der Waals surface area contributed by atoms with Crippen molar-refractivity contribution in [2.75, 3.05) is 7.05 Å². The minimum atomic E-state index is -0.328. The van der Waals surface area contributed by atoms with E-state index < -0.39 is 0 Å². The molecule has 2 unspecified atom stereocenters. The monoisotopic (exact) mass is 786 g/mol. The standard InChI is InChI=1S/C55H42N6/c1-61-54(45-34-30-41(31-35-45)39-18-8-3-9-19-39)59-52(44-32-28-40(29-33-44)38-16-6-2-7-17-38)60-55(61)49-27-15-25-47(37-49)46-24-14-26-48(36-46)53-57-50(42-20-10-4-11-21-42)56-51(58-53)43-22-12-5-13-23-43/h2-22,24-37,43,55H,23H2,1H3. The van der Waals surface area contributed by atoms with Crippen LogP contribution in [0, 0.1) is 0 Å².